The van der Waals surface area contributed by atoms with Crippen LogP contribution in [0.15, 0.2) is 48.5 Å². The van der Waals surface area contributed by atoms with Gasteiger partial charge in [-0.15, -0.1) is 0 Å². The number of carbonyl (C=O) groups is 1. The summed E-state index contributed by atoms with van der Waals surface area (Å²) in [7, 11) is 1.62. The van der Waals surface area contributed by atoms with Gasteiger partial charge in [0.2, 0.25) is 5.91 Å². The maximum atomic E-state index is 12.3. The van der Waals surface area contributed by atoms with Crippen molar-refractivity contribution in [3.8, 4) is 5.75 Å². The third kappa shape index (κ3) is 3.83. The summed E-state index contributed by atoms with van der Waals surface area (Å²) < 4.78 is 5.30. The van der Waals surface area contributed by atoms with E-state index in [-0.39, 0.29) is 5.91 Å². The van der Waals surface area contributed by atoms with E-state index in [0.717, 1.165) is 30.1 Å². The van der Waals surface area contributed by atoms with E-state index in [1.54, 1.807) is 7.11 Å². The van der Waals surface area contributed by atoms with Crippen LogP contribution in [0.5, 0.6) is 5.75 Å². The fourth-order valence-corrected chi connectivity index (χ4v) is 2.98. The van der Waals surface area contributed by atoms with Crippen molar-refractivity contribution in [2.24, 2.45) is 0 Å². The number of nitrogens with zero attached hydrogens (tertiary/aromatic N) is 1. The van der Waals surface area contributed by atoms with Gasteiger partial charge in [0, 0.05) is 30.0 Å². The highest BCUT2D eigenvalue weighted by Gasteiger charge is 2.13. The zero-order valence-corrected chi connectivity index (χ0v) is 13.4. The number of rotatable bonds is 5. The van der Waals surface area contributed by atoms with Gasteiger partial charge in [0.05, 0.1) is 13.5 Å². The second kappa shape index (κ2) is 7.18. The molecule has 0 saturated carbocycles. The van der Waals surface area contributed by atoms with Crippen molar-refractivity contribution in [3.63, 3.8) is 0 Å². The number of benzene rings is 2. The van der Waals surface area contributed by atoms with E-state index < -0.39 is 0 Å². The lowest BCUT2D eigenvalue weighted by Gasteiger charge is -2.18. The minimum atomic E-state index is -0.0342. The van der Waals surface area contributed by atoms with Crippen LogP contribution in [-0.2, 0) is 11.2 Å². The van der Waals surface area contributed by atoms with E-state index in [2.05, 4.69) is 16.3 Å². The summed E-state index contributed by atoms with van der Waals surface area (Å²) in [6.45, 7) is 2.19. The molecule has 1 aliphatic heterocycles. The molecule has 1 fully saturated rings. The van der Waals surface area contributed by atoms with Crippen molar-refractivity contribution in [1.82, 2.24) is 0 Å². The fourth-order valence-electron chi connectivity index (χ4n) is 2.98. The Morgan fingerprint density at radius 3 is 2.70 bits per heavy atom. The fraction of sp³-hybridized carbons (Fsp3) is 0.316. The molecule has 120 valence electrons. The van der Waals surface area contributed by atoms with E-state index in [4.69, 9.17) is 4.74 Å². The molecule has 4 nitrogen and oxygen atoms in total. The van der Waals surface area contributed by atoms with E-state index in [9.17, 15) is 4.79 Å². The van der Waals surface area contributed by atoms with Gasteiger partial charge >= 0.3 is 0 Å². The van der Waals surface area contributed by atoms with Crippen LogP contribution in [0.2, 0.25) is 0 Å². The Kier molecular flexibility index (Phi) is 4.81. The molecule has 0 atom stereocenters. The molecule has 2 aromatic carbocycles. The Labute approximate surface area is 137 Å². The van der Waals surface area contributed by atoms with Crippen molar-refractivity contribution in [2.45, 2.75) is 19.3 Å². The first kappa shape index (κ1) is 15.4. The van der Waals surface area contributed by atoms with Crippen molar-refractivity contribution in [1.29, 1.82) is 0 Å². The number of para-hydroxylation sites is 1. The van der Waals surface area contributed by atoms with Crippen LogP contribution < -0.4 is 15.0 Å². The number of anilines is 2. The summed E-state index contributed by atoms with van der Waals surface area (Å²) >= 11 is 0. The Balaban J connectivity index is 1.67. The number of methoxy groups -OCH3 is 1. The van der Waals surface area contributed by atoms with Gasteiger partial charge in [0.25, 0.3) is 0 Å². The Bertz CT molecular complexity index is 679. The monoisotopic (exact) mass is 310 g/mol. The van der Waals surface area contributed by atoms with Gasteiger partial charge in [-0.05, 0) is 37.1 Å². The lowest BCUT2D eigenvalue weighted by molar-refractivity contribution is -0.115. The van der Waals surface area contributed by atoms with Gasteiger partial charge in [-0.3, -0.25) is 4.79 Å². The molecule has 0 aromatic heterocycles. The quantitative estimate of drug-likeness (QED) is 0.919. The van der Waals surface area contributed by atoms with E-state index >= 15 is 0 Å². The number of nitrogens with one attached hydrogen (secondary N) is 1. The van der Waals surface area contributed by atoms with E-state index in [1.807, 2.05) is 42.5 Å². The molecule has 0 radical (unpaired) electrons. The molecule has 0 bridgehead atoms. The van der Waals surface area contributed by atoms with Gasteiger partial charge in [-0.2, -0.15) is 0 Å². The summed E-state index contributed by atoms with van der Waals surface area (Å²) in [5.74, 6) is 0.710. The molecular weight excluding hydrogens is 288 g/mol. The van der Waals surface area contributed by atoms with Crippen LogP contribution in [0.4, 0.5) is 11.4 Å². The van der Waals surface area contributed by atoms with Gasteiger partial charge in [0.1, 0.15) is 5.75 Å². The number of hydrogen-bond donors (Lipinski definition) is 1. The predicted molar refractivity (Wildman–Crippen MR) is 93.2 cm³/mol. The van der Waals surface area contributed by atoms with Crippen LogP contribution in [0, 0.1) is 0 Å². The maximum absolute atomic E-state index is 12.3. The highest BCUT2D eigenvalue weighted by atomic mass is 16.5. The average molecular weight is 310 g/mol. The van der Waals surface area contributed by atoms with Crippen LogP contribution in [0.25, 0.3) is 0 Å². The minimum absolute atomic E-state index is 0.0342. The number of hydrogen-bond acceptors (Lipinski definition) is 3. The molecule has 1 amide bonds. The van der Waals surface area contributed by atoms with Gasteiger partial charge < -0.3 is 15.0 Å². The zero-order chi connectivity index (χ0) is 16.1. The zero-order valence-electron chi connectivity index (χ0n) is 13.4. The molecule has 1 aliphatic rings. The van der Waals surface area contributed by atoms with Crippen LogP contribution in [0.1, 0.15) is 18.4 Å². The SMILES string of the molecule is COc1ccccc1CC(=O)Nc1cccc(N2CCCC2)c1. The Hall–Kier alpha value is -2.49. The van der Waals surface area contributed by atoms with E-state index in [1.165, 1.54) is 18.5 Å². The molecule has 0 aliphatic carbocycles. The van der Waals surface area contributed by atoms with Crippen LogP contribution >= 0.6 is 0 Å². The van der Waals surface area contributed by atoms with Crippen LogP contribution in [-0.4, -0.2) is 26.1 Å². The summed E-state index contributed by atoms with van der Waals surface area (Å²) in [5, 5.41) is 2.98. The maximum Gasteiger partial charge on any atom is 0.228 e. The highest BCUT2D eigenvalue weighted by molar-refractivity contribution is 5.93. The molecular formula is C19H22N2O2. The summed E-state index contributed by atoms with van der Waals surface area (Å²) in [4.78, 5) is 14.7. The lowest BCUT2D eigenvalue weighted by atomic mass is 10.1. The number of ether oxygens (including phenoxy) is 1. The Morgan fingerprint density at radius 2 is 1.91 bits per heavy atom. The topological polar surface area (TPSA) is 41.6 Å². The lowest BCUT2D eigenvalue weighted by Crippen LogP contribution is -2.18. The summed E-state index contributed by atoms with van der Waals surface area (Å²) in [5.41, 5.74) is 2.91. The third-order valence-electron chi connectivity index (χ3n) is 4.14. The second-order valence-corrected chi connectivity index (χ2v) is 5.78. The van der Waals surface area contributed by atoms with Crippen molar-refractivity contribution in [3.05, 3.63) is 54.1 Å². The smallest absolute Gasteiger partial charge is 0.228 e. The van der Waals surface area contributed by atoms with Crippen molar-refractivity contribution < 1.29 is 9.53 Å². The first-order chi connectivity index (χ1) is 11.3. The summed E-state index contributed by atoms with van der Waals surface area (Å²) in [6.07, 6.45) is 2.78. The Morgan fingerprint density at radius 1 is 1.13 bits per heavy atom. The molecule has 0 spiro atoms. The largest absolute Gasteiger partial charge is 0.496 e. The third-order valence-corrected chi connectivity index (χ3v) is 4.14. The minimum Gasteiger partial charge on any atom is -0.496 e. The number of carbonyl (C=O) groups excluding carboxylic acids is 1. The average Bonchev–Trinajstić information content (AvgIpc) is 3.10. The highest BCUT2D eigenvalue weighted by Crippen LogP contribution is 2.24. The van der Waals surface area contributed by atoms with Crippen LogP contribution in [0.3, 0.4) is 0 Å². The molecule has 1 heterocycles. The summed E-state index contributed by atoms with van der Waals surface area (Å²) in [6, 6.07) is 15.7. The molecule has 0 unspecified atom stereocenters. The van der Waals surface area contributed by atoms with Gasteiger partial charge in [-0.25, -0.2) is 0 Å². The van der Waals surface area contributed by atoms with Gasteiger partial charge in [-0.1, -0.05) is 24.3 Å². The predicted octanol–water partition coefficient (Wildman–Crippen LogP) is 3.48. The molecule has 2 aromatic rings. The molecule has 4 heteroatoms. The molecule has 1 N–H and O–H groups in total. The molecule has 1 saturated heterocycles. The van der Waals surface area contributed by atoms with Crippen molar-refractivity contribution in [2.75, 3.05) is 30.4 Å². The normalized spacial score (nSPS) is 13.9. The van der Waals surface area contributed by atoms with Gasteiger partial charge in [0.15, 0.2) is 0 Å². The second-order valence-electron chi connectivity index (χ2n) is 5.78. The molecule has 23 heavy (non-hydrogen) atoms. The number of amides is 1. The standard InChI is InChI=1S/C19H22N2O2/c1-23-18-10-3-2-7-15(18)13-19(22)20-16-8-6-9-17(14-16)21-11-4-5-12-21/h2-3,6-10,14H,4-5,11-13H2,1H3,(H,20,22). The first-order valence-electron chi connectivity index (χ1n) is 8.03. The van der Waals surface area contributed by atoms with E-state index in [0.29, 0.717) is 6.42 Å². The molecule has 3 rings (SSSR count). The first-order valence-corrected chi connectivity index (χ1v) is 8.03. The van der Waals surface area contributed by atoms with Crippen molar-refractivity contribution >= 4 is 17.3 Å².